The number of aromatic nitrogens is 5. The molecule has 1 aliphatic heterocycles. The summed E-state index contributed by atoms with van der Waals surface area (Å²) in [5.74, 6) is -0.252. The van der Waals surface area contributed by atoms with Crippen LogP contribution in [0.1, 0.15) is 48.6 Å². The molecule has 0 aliphatic carbocycles. The summed E-state index contributed by atoms with van der Waals surface area (Å²) in [6.45, 7) is 7.78. The van der Waals surface area contributed by atoms with Crippen LogP contribution in [0, 0.1) is 19.8 Å². The summed E-state index contributed by atoms with van der Waals surface area (Å²) in [4.78, 5) is 18.9. The van der Waals surface area contributed by atoms with Gasteiger partial charge in [-0.1, -0.05) is 31.5 Å². The summed E-state index contributed by atoms with van der Waals surface area (Å²) in [5.41, 5.74) is 5.36. The van der Waals surface area contributed by atoms with Gasteiger partial charge in [0.2, 0.25) is 5.91 Å². The smallest absolute Gasteiger partial charge is 0.226 e. The highest BCUT2D eigenvalue weighted by Crippen LogP contribution is 2.44. The van der Waals surface area contributed by atoms with Crippen molar-refractivity contribution in [3.63, 3.8) is 0 Å². The lowest BCUT2D eigenvalue weighted by Gasteiger charge is -2.28. The van der Waals surface area contributed by atoms with Gasteiger partial charge in [-0.2, -0.15) is 0 Å². The first-order chi connectivity index (χ1) is 17.8. The number of carbonyl (C=O) groups is 1. The van der Waals surface area contributed by atoms with Crippen molar-refractivity contribution in [2.45, 2.75) is 39.8 Å². The molecule has 9 nitrogen and oxygen atoms in total. The molecule has 37 heavy (non-hydrogen) atoms. The van der Waals surface area contributed by atoms with Crippen LogP contribution >= 0.6 is 23.8 Å². The first kappa shape index (κ1) is 24.9. The molecule has 0 unspecified atom stereocenters. The first-order valence-corrected chi connectivity index (χ1v) is 12.7. The quantitative estimate of drug-likeness (QED) is 0.342. The second kappa shape index (κ2) is 9.95. The fourth-order valence-corrected chi connectivity index (χ4v) is 5.28. The number of nitrogens with zero attached hydrogens (tertiary/aromatic N) is 6. The predicted octanol–water partition coefficient (Wildman–Crippen LogP) is 4.83. The third kappa shape index (κ3) is 4.58. The van der Waals surface area contributed by atoms with E-state index in [1.807, 2.05) is 61.8 Å². The highest BCUT2D eigenvalue weighted by molar-refractivity contribution is 7.80. The number of aryl methyl sites for hydroxylation is 1. The van der Waals surface area contributed by atoms with Gasteiger partial charge in [0.15, 0.2) is 5.11 Å². The molecule has 1 fully saturated rings. The highest BCUT2D eigenvalue weighted by Gasteiger charge is 2.42. The highest BCUT2D eigenvalue weighted by atomic mass is 35.5. The third-order valence-electron chi connectivity index (χ3n) is 6.50. The van der Waals surface area contributed by atoms with Gasteiger partial charge in [0.25, 0.3) is 0 Å². The lowest BCUT2D eigenvalue weighted by molar-refractivity contribution is -0.118. The SMILES string of the molecule is Cc1cc([C@H]2[C@@H](c3ccccn3)NC(=S)N2c2ccc(NC(=O)C(C)C)c(Cl)c2)c(C)n1-n1cnnc1. The number of nitrogens with one attached hydrogen (secondary N) is 2. The van der Waals surface area contributed by atoms with E-state index in [1.54, 1.807) is 18.9 Å². The summed E-state index contributed by atoms with van der Waals surface area (Å²) in [5, 5.41) is 15.3. The number of amides is 1. The third-order valence-corrected chi connectivity index (χ3v) is 7.13. The average molecular weight is 535 g/mol. The van der Waals surface area contributed by atoms with E-state index in [2.05, 4.69) is 48.4 Å². The monoisotopic (exact) mass is 534 g/mol. The van der Waals surface area contributed by atoms with Gasteiger partial charge in [-0.25, -0.2) is 4.68 Å². The maximum atomic E-state index is 12.2. The minimum Gasteiger partial charge on any atom is -0.351 e. The van der Waals surface area contributed by atoms with Crippen LogP contribution in [-0.4, -0.2) is 35.6 Å². The van der Waals surface area contributed by atoms with Crippen molar-refractivity contribution in [3.8, 4) is 0 Å². The van der Waals surface area contributed by atoms with Gasteiger partial charge in [0.05, 0.1) is 28.5 Å². The molecule has 5 rings (SSSR count). The van der Waals surface area contributed by atoms with Gasteiger partial charge in [0, 0.05) is 34.8 Å². The zero-order valence-corrected chi connectivity index (χ0v) is 22.5. The maximum Gasteiger partial charge on any atom is 0.226 e. The molecule has 0 spiro atoms. The number of halogens is 1. The lowest BCUT2D eigenvalue weighted by atomic mass is 9.96. The predicted molar refractivity (Wildman–Crippen MR) is 148 cm³/mol. The van der Waals surface area contributed by atoms with Gasteiger partial charge >= 0.3 is 0 Å². The molecule has 0 bridgehead atoms. The number of hydrogen-bond donors (Lipinski definition) is 2. The molecule has 1 aromatic carbocycles. The molecule has 3 aromatic heterocycles. The Bertz CT molecular complexity index is 1450. The zero-order chi connectivity index (χ0) is 26.3. The number of benzene rings is 1. The van der Waals surface area contributed by atoms with Crippen molar-refractivity contribution < 1.29 is 4.79 Å². The molecule has 2 atom stereocenters. The van der Waals surface area contributed by atoms with Crippen LogP contribution in [0.25, 0.3) is 0 Å². The van der Waals surface area contributed by atoms with Crippen LogP contribution in [0.4, 0.5) is 11.4 Å². The van der Waals surface area contributed by atoms with Crippen LogP contribution in [0.5, 0.6) is 0 Å². The molecule has 4 heterocycles. The van der Waals surface area contributed by atoms with E-state index in [0.29, 0.717) is 15.8 Å². The van der Waals surface area contributed by atoms with Crippen LogP contribution < -0.4 is 15.5 Å². The lowest BCUT2D eigenvalue weighted by Crippen LogP contribution is -2.29. The average Bonchev–Trinajstić information content (AvgIpc) is 3.58. The van der Waals surface area contributed by atoms with Gasteiger partial charge < -0.3 is 15.5 Å². The van der Waals surface area contributed by atoms with Crippen molar-refractivity contribution in [2.75, 3.05) is 10.2 Å². The second-order valence-electron chi connectivity index (χ2n) is 9.28. The van der Waals surface area contributed by atoms with Crippen molar-refractivity contribution >= 4 is 46.2 Å². The summed E-state index contributed by atoms with van der Waals surface area (Å²) >= 11 is 12.5. The van der Waals surface area contributed by atoms with Crippen molar-refractivity contribution in [2.24, 2.45) is 5.92 Å². The standard InChI is InChI=1S/C26H27ClN8OS/c1-15(2)25(36)31-21-9-8-18(12-20(21)27)34-24(23(32-26(34)37)22-7-5-6-10-28-22)19-11-16(3)35(17(19)4)33-13-29-30-14-33/h5-15,23-24H,1-4H3,(H,31,36)(H,32,37)/t23-,24+/m1/s1. The van der Waals surface area contributed by atoms with Crippen LogP contribution in [0.3, 0.4) is 0 Å². The van der Waals surface area contributed by atoms with E-state index >= 15 is 0 Å². The molecule has 1 aliphatic rings. The Labute approximate surface area is 225 Å². The number of rotatable bonds is 6. The Balaban J connectivity index is 1.61. The molecule has 190 valence electrons. The molecule has 1 amide bonds. The van der Waals surface area contributed by atoms with E-state index in [9.17, 15) is 4.79 Å². The number of carbonyl (C=O) groups excluding carboxylic acids is 1. The fourth-order valence-electron chi connectivity index (χ4n) is 4.71. The van der Waals surface area contributed by atoms with E-state index in [1.165, 1.54) is 0 Å². The minimum atomic E-state index is -0.217. The van der Waals surface area contributed by atoms with Crippen molar-refractivity contribution in [3.05, 3.63) is 89.0 Å². The molecule has 0 radical (unpaired) electrons. The summed E-state index contributed by atoms with van der Waals surface area (Å²) in [6, 6.07) is 13.1. The normalized spacial score (nSPS) is 17.4. The molecule has 11 heteroatoms. The van der Waals surface area contributed by atoms with E-state index in [4.69, 9.17) is 23.8 Å². The van der Waals surface area contributed by atoms with Crippen LogP contribution in [0.15, 0.2) is 61.3 Å². The van der Waals surface area contributed by atoms with E-state index in [-0.39, 0.29) is 23.9 Å². The van der Waals surface area contributed by atoms with Gasteiger partial charge in [0.1, 0.15) is 12.7 Å². The van der Waals surface area contributed by atoms with E-state index in [0.717, 1.165) is 28.3 Å². The zero-order valence-electron chi connectivity index (χ0n) is 20.9. The fraction of sp³-hybridized carbons (Fsp3) is 0.269. The topological polar surface area (TPSA) is 92.9 Å². The van der Waals surface area contributed by atoms with Crippen molar-refractivity contribution in [1.82, 2.24) is 29.9 Å². The van der Waals surface area contributed by atoms with Crippen LogP contribution in [0.2, 0.25) is 5.02 Å². The first-order valence-electron chi connectivity index (χ1n) is 11.9. The minimum absolute atomic E-state index is 0.0949. The molecule has 0 saturated carbocycles. The molecular weight excluding hydrogens is 508 g/mol. The number of thiocarbonyl (C=S) groups is 1. The Hall–Kier alpha value is -3.76. The number of hydrogen-bond acceptors (Lipinski definition) is 5. The Morgan fingerprint density at radius 3 is 2.54 bits per heavy atom. The Morgan fingerprint density at radius 1 is 1.14 bits per heavy atom. The molecule has 4 aromatic rings. The molecule has 2 N–H and O–H groups in total. The number of anilines is 2. The molecule has 1 saturated heterocycles. The second-order valence-corrected chi connectivity index (χ2v) is 10.1. The number of pyridine rings is 1. The van der Waals surface area contributed by atoms with E-state index < -0.39 is 0 Å². The molecular formula is C26H27ClN8OS. The summed E-state index contributed by atoms with van der Waals surface area (Å²) in [6.07, 6.45) is 5.11. The Morgan fingerprint density at radius 2 is 1.89 bits per heavy atom. The van der Waals surface area contributed by atoms with Gasteiger partial charge in [-0.15, -0.1) is 10.2 Å². The van der Waals surface area contributed by atoms with Crippen molar-refractivity contribution in [1.29, 1.82) is 0 Å². The van der Waals surface area contributed by atoms with Gasteiger partial charge in [-0.3, -0.25) is 14.5 Å². The summed E-state index contributed by atoms with van der Waals surface area (Å²) < 4.78 is 3.90. The maximum absolute atomic E-state index is 12.2. The Kier molecular flexibility index (Phi) is 6.70. The summed E-state index contributed by atoms with van der Waals surface area (Å²) in [7, 11) is 0. The van der Waals surface area contributed by atoms with Crippen LogP contribution in [-0.2, 0) is 4.79 Å². The van der Waals surface area contributed by atoms with Gasteiger partial charge in [-0.05, 0) is 62.5 Å². The largest absolute Gasteiger partial charge is 0.351 e.